The molecule has 1 saturated heterocycles. The number of allylic oxidation sites excluding steroid dienone is 2. The summed E-state index contributed by atoms with van der Waals surface area (Å²) in [6.45, 7) is 7.83. The van der Waals surface area contributed by atoms with E-state index in [-0.39, 0.29) is 16.6 Å². The van der Waals surface area contributed by atoms with E-state index in [0.717, 1.165) is 19.3 Å². The van der Waals surface area contributed by atoms with Gasteiger partial charge in [0.05, 0.1) is 5.60 Å². The average molecular weight is 268 g/mol. The standard InChI is InChI=1S/C15H21FO3/c1-10(11(16)12(17)18)6-9-15-13(2,3)7-5-8-14(15,4)19-15/h6,9H,5,7-8H2,1-4H3,(H,17,18)/b9-6+,11-10+/t14-,15+/m1/s1. The van der Waals surface area contributed by atoms with Crippen molar-refractivity contribution >= 4 is 5.97 Å². The molecule has 2 fully saturated rings. The van der Waals surface area contributed by atoms with Crippen LogP contribution in [0, 0.1) is 5.41 Å². The van der Waals surface area contributed by atoms with Crippen molar-refractivity contribution in [3.63, 3.8) is 0 Å². The molecule has 0 unspecified atom stereocenters. The van der Waals surface area contributed by atoms with E-state index in [1.54, 1.807) is 6.08 Å². The molecule has 2 rings (SSSR count). The molecule has 1 aliphatic carbocycles. The lowest BCUT2D eigenvalue weighted by Gasteiger charge is -2.36. The zero-order chi connectivity index (χ0) is 14.5. The van der Waals surface area contributed by atoms with Crippen molar-refractivity contribution in [2.75, 3.05) is 0 Å². The van der Waals surface area contributed by atoms with Gasteiger partial charge in [-0.3, -0.25) is 0 Å². The van der Waals surface area contributed by atoms with Crippen molar-refractivity contribution in [2.24, 2.45) is 5.41 Å². The number of rotatable bonds is 3. The minimum atomic E-state index is -1.53. The van der Waals surface area contributed by atoms with E-state index in [9.17, 15) is 9.18 Å². The van der Waals surface area contributed by atoms with Crippen LogP contribution in [0.15, 0.2) is 23.6 Å². The van der Waals surface area contributed by atoms with Gasteiger partial charge >= 0.3 is 5.97 Å². The molecule has 0 amide bonds. The van der Waals surface area contributed by atoms with E-state index >= 15 is 0 Å². The fourth-order valence-corrected chi connectivity index (χ4v) is 3.39. The highest BCUT2D eigenvalue weighted by Gasteiger charge is 2.73. The molecule has 106 valence electrons. The van der Waals surface area contributed by atoms with Crippen LogP contribution in [0.4, 0.5) is 4.39 Å². The van der Waals surface area contributed by atoms with Gasteiger partial charge < -0.3 is 9.84 Å². The molecule has 4 heteroatoms. The number of carbonyl (C=O) groups is 1. The van der Waals surface area contributed by atoms with Crippen LogP contribution in [-0.4, -0.2) is 22.3 Å². The molecule has 19 heavy (non-hydrogen) atoms. The SMILES string of the molecule is CC(/C=C/[C@@]12O[C@]1(C)CCCC2(C)C)=C(\F)C(=O)O. The first kappa shape index (κ1) is 14.3. The summed E-state index contributed by atoms with van der Waals surface area (Å²) >= 11 is 0. The van der Waals surface area contributed by atoms with Crippen molar-refractivity contribution in [1.29, 1.82) is 0 Å². The Morgan fingerprint density at radius 2 is 1.95 bits per heavy atom. The molecule has 1 saturated carbocycles. The van der Waals surface area contributed by atoms with Crippen molar-refractivity contribution < 1.29 is 19.0 Å². The summed E-state index contributed by atoms with van der Waals surface area (Å²) in [5.41, 5.74) is -0.471. The third-order valence-electron chi connectivity index (χ3n) is 4.69. The van der Waals surface area contributed by atoms with Crippen molar-refractivity contribution in [1.82, 2.24) is 0 Å². The highest BCUT2D eigenvalue weighted by atomic mass is 19.1. The van der Waals surface area contributed by atoms with E-state index < -0.39 is 17.4 Å². The number of ether oxygens (including phenoxy) is 1. The number of hydrogen-bond donors (Lipinski definition) is 1. The Balaban J connectivity index is 2.28. The van der Waals surface area contributed by atoms with Crippen LogP contribution in [0.3, 0.4) is 0 Å². The largest absolute Gasteiger partial charge is 0.476 e. The van der Waals surface area contributed by atoms with Crippen molar-refractivity contribution in [3.05, 3.63) is 23.6 Å². The summed E-state index contributed by atoms with van der Waals surface area (Å²) < 4.78 is 19.3. The summed E-state index contributed by atoms with van der Waals surface area (Å²) in [7, 11) is 0. The second-order valence-corrected chi connectivity index (χ2v) is 6.44. The fourth-order valence-electron chi connectivity index (χ4n) is 3.39. The minimum Gasteiger partial charge on any atom is -0.476 e. The summed E-state index contributed by atoms with van der Waals surface area (Å²) in [6.07, 6.45) is 6.56. The normalized spacial score (nSPS) is 37.7. The Labute approximate surface area is 113 Å². The fraction of sp³-hybridized carbons (Fsp3) is 0.667. The number of epoxide rings is 1. The van der Waals surface area contributed by atoms with Crippen LogP contribution in [0.2, 0.25) is 0 Å². The molecule has 1 N–H and O–H groups in total. The van der Waals surface area contributed by atoms with Crippen LogP contribution in [-0.2, 0) is 9.53 Å². The number of hydrogen-bond acceptors (Lipinski definition) is 2. The molecule has 1 aliphatic heterocycles. The van der Waals surface area contributed by atoms with Gasteiger partial charge in [-0.25, -0.2) is 4.79 Å². The highest BCUT2D eigenvalue weighted by molar-refractivity contribution is 5.85. The van der Waals surface area contributed by atoms with Crippen LogP contribution in [0.1, 0.15) is 47.0 Å². The van der Waals surface area contributed by atoms with E-state index in [2.05, 4.69) is 20.8 Å². The zero-order valence-corrected chi connectivity index (χ0v) is 11.9. The van der Waals surface area contributed by atoms with Gasteiger partial charge in [0.25, 0.3) is 0 Å². The van der Waals surface area contributed by atoms with Crippen LogP contribution >= 0.6 is 0 Å². The number of carboxylic acids is 1. The predicted molar refractivity (Wildman–Crippen MR) is 70.4 cm³/mol. The third kappa shape index (κ3) is 2.02. The van der Waals surface area contributed by atoms with Gasteiger partial charge in [-0.1, -0.05) is 19.9 Å². The van der Waals surface area contributed by atoms with E-state index in [1.807, 2.05) is 6.08 Å². The summed E-state index contributed by atoms with van der Waals surface area (Å²) in [5.74, 6) is -2.63. The van der Waals surface area contributed by atoms with E-state index in [4.69, 9.17) is 9.84 Å². The first-order valence-electron chi connectivity index (χ1n) is 6.64. The van der Waals surface area contributed by atoms with Gasteiger partial charge in [-0.2, -0.15) is 4.39 Å². The van der Waals surface area contributed by atoms with Gasteiger partial charge in [-0.05, 0) is 44.8 Å². The number of aliphatic carboxylic acids is 1. The van der Waals surface area contributed by atoms with Crippen LogP contribution < -0.4 is 0 Å². The molecule has 0 aromatic carbocycles. The smallest absolute Gasteiger partial charge is 0.365 e. The van der Waals surface area contributed by atoms with Gasteiger partial charge in [0.15, 0.2) is 0 Å². The predicted octanol–water partition coefficient (Wildman–Crippen LogP) is 3.61. The van der Waals surface area contributed by atoms with E-state index in [1.165, 1.54) is 6.92 Å². The van der Waals surface area contributed by atoms with E-state index in [0.29, 0.717) is 0 Å². The quantitative estimate of drug-likeness (QED) is 0.483. The average Bonchev–Trinajstić information content (AvgIpc) is 2.93. The van der Waals surface area contributed by atoms with Gasteiger partial charge in [-0.15, -0.1) is 0 Å². The summed E-state index contributed by atoms with van der Waals surface area (Å²) in [4.78, 5) is 10.6. The summed E-state index contributed by atoms with van der Waals surface area (Å²) in [6, 6.07) is 0. The number of fused-ring (bicyclic) bond motifs is 1. The molecule has 2 atom stereocenters. The molecule has 1 heterocycles. The molecule has 0 aromatic heterocycles. The molecule has 2 aliphatic rings. The molecular weight excluding hydrogens is 247 g/mol. The molecule has 0 spiro atoms. The monoisotopic (exact) mass is 268 g/mol. The van der Waals surface area contributed by atoms with Gasteiger partial charge in [0.2, 0.25) is 5.83 Å². The van der Waals surface area contributed by atoms with Crippen LogP contribution in [0.25, 0.3) is 0 Å². The lowest BCUT2D eigenvalue weighted by Crippen LogP contribution is -2.41. The Bertz CT molecular complexity index is 478. The Morgan fingerprint density at radius 3 is 2.47 bits per heavy atom. The summed E-state index contributed by atoms with van der Waals surface area (Å²) in [5, 5.41) is 8.62. The van der Waals surface area contributed by atoms with Crippen molar-refractivity contribution in [3.8, 4) is 0 Å². The second kappa shape index (κ2) is 4.17. The van der Waals surface area contributed by atoms with Gasteiger partial charge in [0, 0.05) is 5.41 Å². The molecule has 3 nitrogen and oxygen atoms in total. The van der Waals surface area contributed by atoms with Gasteiger partial charge in [0.1, 0.15) is 5.60 Å². The topological polar surface area (TPSA) is 49.8 Å². The zero-order valence-electron chi connectivity index (χ0n) is 11.9. The lowest BCUT2D eigenvalue weighted by molar-refractivity contribution is -0.134. The Kier molecular flexibility index (Phi) is 3.13. The maximum atomic E-state index is 13.3. The molecule has 0 aromatic rings. The maximum Gasteiger partial charge on any atom is 0.365 e. The molecule has 0 radical (unpaired) electrons. The highest BCUT2D eigenvalue weighted by Crippen LogP contribution is 2.66. The Hall–Kier alpha value is -1.16. The lowest BCUT2D eigenvalue weighted by atomic mass is 9.64. The first-order chi connectivity index (χ1) is 8.65. The number of halogens is 1. The first-order valence-corrected chi connectivity index (χ1v) is 6.64. The third-order valence-corrected chi connectivity index (χ3v) is 4.69. The van der Waals surface area contributed by atoms with Crippen LogP contribution in [0.5, 0.6) is 0 Å². The maximum absolute atomic E-state index is 13.3. The second-order valence-electron chi connectivity index (χ2n) is 6.44. The molecule has 0 bridgehead atoms. The minimum absolute atomic E-state index is 0.0174. The number of carboxylic acid groups (broad SMARTS) is 1. The van der Waals surface area contributed by atoms with Crippen molar-refractivity contribution in [2.45, 2.75) is 58.2 Å². The molecular formula is C15H21FO3. The Morgan fingerprint density at radius 1 is 1.32 bits per heavy atom.